The molecule has 1 N–H and O–H groups in total. The van der Waals surface area contributed by atoms with Crippen molar-refractivity contribution in [2.75, 3.05) is 0 Å². The Kier molecular flexibility index (Phi) is 3.23. The Bertz CT molecular complexity index is 517. The van der Waals surface area contributed by atoms with Crippen molar-refractivity contribution in [3.8, 4) is 0 Å². The molecule has 0 fully saturated rings. The number of amides is 1. The first-order valence-corrected chi connectivity index (χ1v) is 5.49. The van der Waals surface area contributed by atoms with E-state index in [4.69, 9.17) is 0 Å². The second-order valence-corrected chi connectivity index (χ2v) is 3.96. The summed E-state index contributed by atoms with van der Waals surface area (Å²) >= 11 is 0. The highest BCUT2D eigenvalue weighted by atomic mass is 16.1. The van der Waals surface area contributed by atoms with E-state index in [1.165, 1.54) is 0 Å². The SMILES string of the molecule is Cc1nn(C)cc1CNC(=O)c1ccccc1. The van der Waals surface area contributed by atoms with Gasteiger partial charge in [-0.15, -0.1) is 0 Å². The van der Waals surface area contributed by atoms with Gasteiger partial charge in [0.1, 0.15) is 0 Å². The van der Waals surface area contributed by atoms with E-state index >= 15 is 0 Å². The topological polar surface area (TPSA) is 46.9 Å². The molecule has 0 unspecified atom stereocenters. The van der Waals surface area contributed by atoms with Crippen molar-refractivity contribution in [1.29, 1.82) is 0 Å². The number of aromatic nitrogens is 2. The smallest absolute Gasteiger partial charge is 0.251 e. The van der Waals surface area contributed by atoms with Gasteiger partial charge >= 0.3 is 0 Å². The molecular weight excluding hydrogens is 214 g/mol. The number of hydrogen-bond donors (Lipinski definition) is 1. The van der Waals surface area contributed by atoms with Gasteiger partial charge < -0.3 is 5.32 Å². The summed E-state index contributed by atoms with van der Waals surface area (Å²) in [5.74, 6) is -0.0612. The third-order valence-corrected chi connectivity index (χ3v) is 2.59. The summed E-state index contributed by atoms with van der Waals surface area (Å²) in [5, 5.41) is 7.10. The van der Waals surface area contributed by atoms with Crippen LogP contribution < -0.4 is 5.32 Å². The van der Waals surface area contributed by atoms with E-state index in [-0.39, 0.29) is 5.91 Å². The van der Waals surface area contributed by atoms with E-state index in [1.807, 2.05) is 38.4 Å². The quantitative estimate of drug-likeness (QED) is 0.870. The molecule has 88 valence electrons. The number of aryl methyl sites for hydroxylation is 2. The maximum Gasteiger partial charge on any atom is 0.251 e. The van der Waals surface area contributed by atoms with Gasteiger partial charge in [-0.25, -0.2) is 0 Å². The fourth-order valence-corrected chi connectivity index (χ4v) is 1.69. The first-order chi connectivity index (χ1) is 8.16. The second-order valence-electron chi connectivity index (χ2n) is 3.96. The number of nitrogens with zero attached hydrogens (tertiary/aromatic N) is 2. The Morgan fingerprint density at radius 2 is 2.06 bits per heavy atom. The second kappa shape index (κ2) is 4.82. The van der Waals surface area contributed by atoms with Crippen LogP contribution in [-0.4, -0.2) is 15.7 Å². The summed E-state index contributed by atoms with van der Waals surface area (Å²) in [6, 6.07) is 9.19. The van der Waals surface area contributed by atoms with Crippen LogP contribution in [0, 0.1) is 6.92 Å². The van der Waals surface area contributed by atoms with Gasteiger partial charge in [0.05, 0.1) is 5.69 Å². The third-order valence-electron chi connectivity index (χ3n) is 2.59. The van der Waals surface area contributed by atoms with Crippen LogP contribution in [0.4, 0.5) is 0 Å². The zero-order valence-electron chi connectivity index (χ0n) is 9.97. The van der Waals surface area contributed by atoms with Crippen LogP contribution in [0.2, 0.25) is 0 Å². The van der Waals surface area contributed by atoms with Crippen molar-refractivity contribution >= 4 is 5.91 Å². The minimum atomic E-state index is -0.0612. The maximum atomic E-state index is 11.8. The van der Waals surface area contributed by atoms with Gasteiger partial charge in [0.2, 0.25) is 0 Å². The van der Waals surface area contributed by atoms with Crippen molar-refractivity contribution in [1.82, 2.24) is 15.1 Å². The predicted octanol–water partition coefficient (Wildman–Crippen LogP) is 1.66. The first-order valence-electron chi connectivity index (χ1n) is 5.49. The van der Waals surface area contributed by atoms with E-state index in [0.717, 1.165) is 11.3 Å². The summed E-state index contributed by atoms with van der Waals surface area (Å²) < 4.78 is 1.75. The summed E-state index contributed by atoms with van der Waals surface area (Å²) in [6.07, 6.45) is 1.92. The fraction of sp³-hybridized carbons (Fsp3) is 0.231. The van der Waals surface area contributed by atoms with Crippen LogP contribution in [0.15, 0.2) is 36.5 Å². The van der Waals surface area contributed by atoms with Crippen LogP contribution in [0.25, 0.3) is 0 Å². The van der Waals surface area contributed by atoms with Crippen LogP contribution in [0.1, 0.15) is 21.6 Å². The highest BCUT2D eigenvalue weighted by Gasteiger charge is 2.07. The fourth-order valence-electron chi connectivity index (χ4n) is 1.69. The Balaban J connectivity index is 1.99. The lowest BCUT2D eigenvalue weighted by Gasteiger charge is -2.03. The molecule has 0 spiro atoms. The number of benzene rings is 1. The van der Waals surface area contributed by atoms with Gasteiger partial charge in [-0.05, 0) is 19.1 Å². The molecule has 2 aromatic rings. The van der Waals surface area contributed by atoms with E-state index in [0.29, 0.717) is 12.1 Å². The molecule has 17 heavy (non-hydrogen) atoms. The molecule has 0 saturated carbocycles. The van der Waals surface area contributed by atoms with Gasteiger partial charge in [0.15, 0.2) is 0 Å². The molecule has 0 aliphatic heterocycles. The molecule has 4 nitrogen and oxygen atoms in total. The summed E-state index contributed by atoms with van der Waals surface area (Å²) in [6.45, 7) is 2.44. The third kappa shape index (κ3) is 2.72. The molecule has 4 heteroatoms. The Morgan fingerprint density at radius 1 is 1.35 bits per heavy atom. The average Bonchev–Trinajstić information content (AvgIpc) is 2.66. The summed E-state index contributed by atoms with van der Waals surface area (Å²) in [4.78, 5) is 11.8. The van der Waals surface area contributed by atoms with Gasteiger partial charge in [-0.1, -0.05) is 18.2 Å². The molecule has 0 saturated heterocycles. The number of hydrogen-bond acceptors (Lipinski definition) is 2. The molecule has 1 heterocycles. The molecule has 0 aliphatic rings. The van der Waals surface area contributed by atoms with Gasteiger partial charge in [-0.3, -0.25) is 9.48 Å². The summed E-state index contributed by atoms with van der Waals surface area (Å²) in [7, 11) is 1.87. The number of carbonyl (C=O) groups is 1. The molecule has 0 aliphatic carbocycles. The van der Waals surface area contributed by atoms with Gasteiger partial charge in [0, 0.05) is 30.9 Å². The van der Waals surface area contributed by atoms with Gasteiger partial charge in [-0.2, -0.15) is 5.10 Å². The zero-order chi connectivity index (χ0) is 12.3. The predicted molar refractivity (Wildman–Crippen MR) is 65.6 cm³/mol. The standard InChI is InChI=1S/C13H15N3O/c1-10-12(9-16(2)15-10)8-14-13(17)11-6-4-3-5-7-11/h3-7,9H,8H2,1-2H3,(H,14,17). The van der Waals surface area contributed by atoms with Crippen LogP contribution in [-0.2, 0) is 13.6 Å². The Hall–Kier alpha value is -2.10. The molecular formula is C13H15N3O. The highest BCUT2D eigenvalue weighted by molar-refractivity contribution is 5.94. The van der Waals surface area contributed by atoms with Crippen LogP contribution in [0.3, 0.4) is 0 Å². The molecule has 1 aromatic carbocycles. The van der Waals surface area contributed by atoms with E-state index in [2.05, 4.69) is 10.4 Å². The first kappa shape index (κ1) is 11.4. The van der Waals surface area contributed by atoms with E-state index in [9.17, 15) is 4.79 Å². The van der Waals surface area contributed by atoms with Crippen molar-refractivity contribution in [3.05, 3.63) is 53.3 Å². The molecule has 0 bridgehead atoms. The lowest BCUT2D eigenvalue weighted by Crippen LogP contribution is -2.22. The minimum absolute atomic E-state index is 0.0612. The van der Waals surface area contributed by atoms with E-state index in [1.54, 1.807) is 16.8 Å². The molecule has 1 aromatic heterocycles. The number of rotatable bonds is 3. The van der Waals surface area contributed by atoms with Crippen molar-refractivity contribution in [2.24, 2.45) is 7.05 Å². The van der Waals surface area contributed by atoms with Crippen molar-refractivity contribution in [2.45, 2.75) is 13.5 Å². The average molecular weight is 229 g/mol. The van der Waals surface area contributed by atoms with Crippen molar-refractivity contribution < 1.29 is 4.79 Å². The van der Waals surface area contributed by atoms with Crippen LogP contribution >= 0.6 is 0 Å². The monoisotopic (exact) mass is 229 g/mol. The molecule has 1 amide bonds. The van der Waals surface area contributed by atoms with E-state index < -0.39 is 0 Å². The Morgan fingerprint density at radius 3 is 2.65 bits per heavy atom. The molecule has 0 radical (unpaired) electrons. The normalized spacial score (nSPS) is 10.2. The lowest BCUT2D eigenvalue weighted by molar-refractivity contribution is 0.0951. The molecule has 0 atom stereocenters. The highest BCUT2D eigenvalue weighted by Crippen LogP contribution is 2.05. The van der Waals surface area contributed by atoms with Crippen molar-refractivity contribution in [3.63, 3.8) is 0 Å². The zero-order valence-corrected chi connectivity index (χ0v) is 9.97. The number of carbonyl (C=O) groups excluding carboxylic acids is 1. The maximum absolute atomic E-state index is 11.8. The largest absolute Gasteiger partial charge is 0.348 e. The minimum Gasteiger partial charge on any atom is -0.348 e. The summed E-state index contributed by atoms with van der Waals surface area (Å²) in [5.41, 5.74) is 2.66. The molecule has 2 rings (SSSR count). The Labute approximate surface area is 100 Å². The van der Waals surface area contributed by atoms with Crippen LogP contribution in [0.5, 0.6) is 0 Å². The number of nitrogens with one attached hydrogen (secondary N) is 1. The lowest BCUT2D eigenvalue weighted by atomic mass is 10.2. The van der Waals surface area contributed by atoms with Gasteiger partial charge in [0.25, 0.3) is 5.91 Å².